The van der Waals surface area contributed by atoms with Crippen LogP contribution < -0.4 is 21.5 Å². The highest BCUT2D eigenvalue weighted by atomic mass is 35.5. The Bertz CT molecular complexity index is 412. The van der Waals surface area contributed by atoms with Crippen LogP contribution >= 0.6 is 23.2 Å². The van der Waals surface area contributed by atoms with E-state index in [4.69, 9.17) is 23.2 Å². The molecule has 5 nitrogen and oxygen atoms in total. The summed E-state index contributed by atoms with van der Waals surface area (Å²) < 4.78 is 0. The van der Waals surface area contributed by atoms with E-state index in [0.29, 0.717) is 15.7 Å². The Labute approximate surface area is 102 Å². The minimum atomic E-state index is -0.419. The first kappa shape index (κ1) is 11.5. The Morgan fingerprint density at radius 3 is 2.94 bits per heavy atom. The van der Waals surface area contributed by atoms with Crippen molar-refractivity contribution in [3.63, 3.8) is 0 Å². The molecule has 1 atom stereocenters. The van der Waals surface area contributed by atoms with Gasteiger partial charge < -0.3 is 10.6 Å². The zero-order valence-electron chi connectivity index (χ0n) is 8.18. The molecule has 1 unspecified atom stereocenters. The molecule has 86 valence electrons. The normalized spacial score (nSPS) is 20.4. The number of carbonyl (C=O) groups is 1. The Morgan fingerprint density at radius 2 is 2.19 bits per heavy atom. The first-order valence-electron chi connectivity index (χ1n) is 4.64. The lowest BCUT2D eigenvalue weighted by Gasteiger charge is -2.27. The number of hydrogen-bond donors (Lipinski definition) is 4. The number of amides is 1. The molecule has 0 spiro atoms. The Hall–Kier alpha value is -1.01. The molecular formula is C9H10Cl2N4O. The van der Waals surface area contributed by atoms with Crippen LogP contribution in [-0.2, 0) is 4.79 Å². The molecule has 1 aromatic rings. The SMILES string of the molecule is O=C1CNNC(Nc2cc(Cl)ccc2Cl)N1. The molecule has 1 aromatic carbocycles. The smallest absolute Gasteiger partial charge is 0.237 e. The number of halogens is 2. The van der Waals surface area contributed by atoms with Gasteiger partial charge in [-0.05, 0) is 18.2 Å². The molecule has 0 bridgehead atoms. The third-order valence-corrected chi connectivity index (χ3v) is 2.59. The van der Waals surface area contributed by atoms with Crippen LogP contribution in [0, 0.1) is 0 Å². The lowest BCUT2D eigenvalue weighted by atomic mass is 10.3. The standard InChI is InChI=1S/C9H10Cl2N4O/c10-5-1-2-6(11)7(3-5)13-9-14-8(16)4-12-15-9/h1-3,9,12-13,15H,4H2,(H,14,16). The molecule has 0 saturated carbocycles. The van der Waals surface area contributed by atoms with E-state index in [9.17, 15) is 4.79 Å². The molecule has 1 aliphatic heterocycles. The summed E-state index contributed by atoms with van der Waals surface area (Å²) >= 11 is 11.8. The van der Waals surface area contributed by atoms with E-state index in [2.05, 4.69) is 21.5 Å². The van der Waals surface area contributed by atoms with E-state index >= 15 is 0 Å². The summed E-state index contributed by atoms with van der Waals surface area (Å²) in [5.74, 6) is -0.102. The van der Waals surface area contributed by atoms with Gasteiger partial charge in [-0.1, -0.05) is 23.2 Å². The van der Waals surface area contributed by atoms with Crippen molar-refractivity contribution in [1.82, 2.24) is 16.2 Å². The summed E-state index contributed by atoms with van der Waals surface area (Å²) in [5.41, 5.74) is 6.24. The molecule has 0 aliphatic carbocycles. The number of hydrogen-bond acceptors (Lipinski definition) is 4. The number of rotatable bonds is 2. The fraction of sp³-hybridized carbons (Fsp3) is 0.222. The van der Waals surface area contributed by atoms with Crippen molar-refractivity contribution in [2.24, 2.45) is 0 Å². The fourth-order valence-electron chi connectivity index (χ4n) is 1.32. The summed E-state index contributed by atoms with van der Waals surface area (Å²) in [5, 5.41) is 6.79. The molecule has 2 rings (SSSR count). The van der Waals surface area contributed by atoms with Gasteiger partial charge in [-0.25, -0.2) is 10.9 Å². The van der Waals surface area contributed by atoms with Gasteiger partial charge in [0.15, 0.2) is 6.29 Å². The lowest BCUT2D eigenvalue weighted by molar-refractivity contribution is -0.122. The van der Waals surface area contributed by atoms with E-state index in [1.54, 1.807) is 18.2 Å². The van der Waals surface area contributed by atoms with Crippen LogP contribution in [0.3, 0.4) is 0 Å². The van der Waals surface area contributed by atoms with Crippen LogP contribution in [0.1, 0.15) is 0 Å². The average Bonchev–Trinajstić information content (AvgIpc) is 2.24. The fourth-order valence-corrected chi connectivity index (χ4v) is 1.66. The molecule has 1 heterocycles. The third kappa shape index (κ3) is 2.76. The van der Waals surface area contributed by atoms with Gasteiger partial charge in [0.25, 0.3) is 0 Å². The van der Waals surface area contributed by atoms with Crippen LogP contribution in [-0.4, -0.2) is 18.7 Å². The van der Waals surface area contributed by atoms with Crippen LogP contribution in [0.25, 0.3) is 0 Å². The molecular weight excluding hydrogens is 251 g/mol. The summed E-state index contributed by atoms with van der Waals surface area (Å²) in [4.78, 5) is 11.1. The van der Waals surface area contributed by atoms with Crippen molar-refractivity contribution in [1.29, 1.82) is 0 Å². The van der Waals surface area contributed by atoms with Gasteiger partial charge in [0.2, 0.25) is 5.91 Å². The monoisotopic (exact) mass is 260 g/mol. The van der Waals surface area contributed by atoms with Crippen LogP contribution in [0.15, 0.2) is 18.2 Å². The molecule has 0 aromatic heterocycles. The Balaban J connectivity index is 2.08. The van der Waals surface area contributed by atoms with Crippen molar-refractivity contribution in [2.45, 2.75) is 6.29 Å². The van der Waals surface area contributed by atoms with Gasteiger partial charge in [0.05, 0.1) is 17.3 Å². The predicted octanol–water partition coefficient (Wildman–Crippen LogP) is 0.913. The summed E-state index contributed by atoms with van der Waals surface area (Å²) in [6, 6.07) is 5.07. The topological polar surface area (TPSA) is 65.2 Å². The highest BCUT2D eigenvalue weighted by Gasteiger charge is 2.17. The number of hydrazine groups is 1. The van der Waals surface area contributed by atoms with E-state index in [1.807, 2.05) is 0 Å². The highest BCUT2D eigenvalue weighted by molar-refractivity contribution is 6.35. The van der Waals surface area contributed by atoms with Gasteiger partial charge in [-0.2, -0.15) is 0 Å². The van der Waals surface area contributed by atoms with Gasteiger partial charge in [0.1, 0.15) is 0 Å². The maximum Gasteiger partial charge on any atom is 0.237 e. The van der Waals surface area contributed by atoms with Crippen molar-refractivity contribution in [2.75, 3.05) is 11.9 Å². The first-order chi connectivity index (χ1) is 7.65. The second-order valence-corrected chi connectivity index (χ2v) is 4.11. The lowest BCUT2D eigenvalue weighted by Crippen LogP contribution is -2.63. The van der Waals surface area contributed by atoms with E-state index < -0.39 is 6.29 Å². The molecule has 4 N–H and O–H groups in total. The maximum absolute atomic E-state index is 11.1. The first-order valence-corrected chi connectivity index (χ1v) is 5.40. The van der Waals surface area contributed by atoms with Gasteiger partial charge in [0, 0.05) is 5.02 Å². The van der Waals surface area contributed by atoms with Crippen molar-refractivity contribution >= 4 is 34.8 Å². The van der Waals surface area contributed by atoms with Gasteiger partial charge in [-0.3, -0.25) is 4.79 Å². The van der Waals surface area contributed by atoms with Crippen molar-refractivity contribution in [3.8, 4) is 0 Å². The number of benzene rings is 1. The molecule has 1 aliphatic rings. The average molecular weight is 261 g/mol. The zero-order valence-corrected chi connectivity index (χ0v) is 9.69. The molecule has 1 fully saturated rings. The van der Waals surface area contributed by atoms with Crippen molar-refractivity contribution in [3.05, 3.63) is 28.2 Å². The number of anilines is 1. The highest BCUT2D eigenvalue weighted by Crippen LogP contribution is 2.25. The number of nitrogens with one attached hydrogen (secondary N) is 4. The Morgan fingerprint density at radius 1 is 1.38 bits per heavy atom. The summed E-state index contributed by atoms with van der Waals surface area (Å²) in [7, 11) is 0. The minimum absolute atomic E-state index is 0.102. The molecule has 0 radical (unpaired) electrons. The molecule has 1 saturated heterocycles. The van der Waals surface area contributed by atoms with Gasteiger partial charge >= 0.3 is 0 Å². The minimum Gasteiger partial charge on any atom is -0.351 e. The van der Waals surface area contributed by atoms with E-state index in [-0.39, 0.29) is 12.5 Å². The maximum atomic E-state index is 11.1. The van der Waals surface area contributed by atoms with E-state index in [0.717, 1.165) is 0 Å². The van der Waals surface area contributed by atoms with E-state index in [1.165, 1.54) is 0 Å². The number of carbonyl (C=O) groups excluding carboxylic acids is 1. The second kappa shape index (κ2) is 4.88. The van der Waals surface area contributed by atoms with Gasteiger partial charge in [-0.15, -0.1) is 0 Å². The second-order valence-electron chi connectivity index (χ2n) is 3.27. The quantitative estimate of drug-likeness (QED) is 0.639. The van der Waals surface area contributed by atoms with Crippen LogP contribution in [0.5, 0.6) is 0 Å². The summed E-state index contributed by atoms with van der Waals surface area (Å²) in [6.45, 7) is 0.238. The van der Waals surface area contributed by atoms with Crippen LogP contribution in [0.2, 0.25) is 10.0 Å². The van der Waals surface area contributed by atoms with Crippen molar-refractivity contribution < 1.29 is 4.79 Å². The van der Waals surface area contributed by atoms with Crippen LogP contribution in [0.4, 0.5) is 5.69 Å². The predicted molar refractivity (Wildman–Crippen MR) is 63.2 cm³/mol. The largest absolute Gasteiger partial charge is 0.351 e. The zero-order chi connectivity index (χ0) is 11.5. The summed E-state index contributed by atoms with van der Waals surface area (Å²) in [6.07, 6.45) is -0.419. The molecule has 7 heteroatoms. The Kier molecular flexibility index (Phi) is 3.50. The molecule has 1 amide bonds. The molecule has 16 heavy (non-hydrogen) atoms. The third-order valence-electron chi connectivity index (χ3n) is 2.03.